The topological polar surface area (TPSA) is 3.24 Å². The SMILES string of the molecule is CCCCCN(I)CCCCC. The third kappa shape index (κ3) is 8.78. The zero-order chi connectivity index (χ0) is 9.23. The van der Waals surface area contributed by atoms with Crippen molar-refractivity contribution in [3.63, 3.8) is 0 Å². The Labute approximate surface area is 91.4 Å². The van der Waals surface area contributed by atoms with Gasteiger partial charge in [0.25, 0.3) is 0 Å². The number of halogens is 1. The quantitative estimate of drug-likeness (QED) is 0.369. The van der Waals surface area contributed by atoms with E-state index in [1.54, 1.807) is 0 Å². The van der Waals surface area contributed by atoms with E-state index >= 15 is 0 Å². The Morgan fingerprint density at radius 2 is 1.25 bits per heavy atom. The van der Waals surface area contributed by atoms with Crippen LogP contribution in [0.5, 0.6) is 0 Å². The molecule has 0 heterocycles. The molecule has 0 unspecified atom stereocenters. The van der Waals surface area contributed by atoms with Crippen molar-refractivity contribution in [3.8, 4) is 0 Å². The van der Waals surface area contributed by atoms with Crippen molar-refractivity contribution in [1.82, 2.24) is 3.11 Å². The Hall–Kier alpha value is 0.690. The molecule has 0 fully saturated rings. The van der Waals surface area contributed by atoms with Crippen LogP contribution in [0.25, 0.3) is 0 Å². The van der Waals surface area contributed by atoms with Crippen molar-refractivity contribution < 1.29 is 0 Å². The van der Waals surface area contributed by atoms with Crippen LogP contribution in [0.1, 0.15) is 52.4 Å². The van der Waals surface area contributed by atoms with Gasteiger partial charge in [0, 0.05) is 36.0 Å². The second-order valence-corrected chi connectivity index (χ2v) is 4.69. The van der Waals surface area contributed by atoms with E-state index in [-0.39, 0.29) is 0 Å². The fourth-order valence-electron chi connectivity index (χ4n) is 1.18. The molecule has 12 heavy (non-hydrogen) atoms. The van der Waals surface area contributed by atoms with Crippen LogP contribution in [0.15, 0.2) is 0 Å². The molecule has 0 atom stereocenters. The first-order valence-corrected chi connectivity index (χ1v) is 6.18. The van der Waals surface area contributed by atoms with Crippen molar-refractivity contribution in [1.29, 1.82) is 0 Å². The van der Waals surface area contributed by atoms with Gasteiger partial charge in [0.15, 0.2) is 0 Å². The Balaban J connectivity index is 3.04. The van der Waals surface area contributed by atoms with Crippen molar-refractivity contribution >= 4 is 22.9 Å². The molecule has 0 aromatic rings. The summed E-state index contributed by atoms with van der Waals surface area (Å²) in [5.74, 6) is 0. The molecular formula is C10H22IN. The molecule has 2 heteroatoms. The van der Waals surface area contributed by atoms with E-state index in [0.29, 0.717) is 0 Å². The number of nitrogens with zero attached hydrogens (tertiary/aromatic N) is 1. The largest absolute Gasteiger partial charge is 0.248 e. The average molecular weight is 283 g/mol. The molecule has 0 spiro atoms. The maximum absolute atomic E-state index is 2.45. The summed E-state index contributed by atoms with van der Waals surface area (Å²) in [6.45, 7) is 7.07. The van der Waals surface area contributed by atoms with Gasteiger partial charge < -0.3 is 0 Å². The monoisotopic (exact) mass is 283 g/mol. The lowest BCUT2D eigenvalue weighted by atomic mass is 10.2. The highest BCUT2D eigenvalue weighted by atomic mass is 127. The molecule has 0 aliphatic carbocycles. The summed E-state index contributed by atoms with van der Waals surface area (Å²) in [5.41, 5.74) is 0. The molecule has 1 nitrogen and oxygen atoms in total. The molecular weight excluding hydrogens is 261 g/mol. The zero-order valence-corrected chi connectivity index (χ0v) is 10.6. The summed E-state index contributed by atoms with van der Waals surface area (Å²) in [4.78, 5) is 0. The van der Waals surface area contributed by atoms with Gasteiger partial charge in [-0.25, -0.2) is 3.11 Å². The van der Waals surface area contributed by atoms with E-state index in [4.69, 9.17) is 0 Å². The molecule has 0 rings (SSSR count). The molecule has 0 aliphatic rings. The first-order chi connectivity index (χ1) is 5.81. The standard InChI is InChI=1S/C10H22IN/c1-3-5-7-9-12(11)10-8-6-4-2/h3-10H2,1-2H3. The van der Waals surface area contributed by atoms with Crippen molar-refractivity contribution in [2.45, 2.75) is 52.4 Å². The van der Waals surface area contributed by atoms with E-state index in [0.717, 1.165) is 0 Å². The fourth-order valence-corrected chi connectivity index (χ4v) is 1.86. The highest BCUT2D eigenvalue weighted by Gasteiger charge is 1.97. The lowest BCUT2D eigenvalue weighted by Crippen LogP contribution is -2.13. The summed E-state index contributed by atoms with van der Waals surface area (Å²) in [7, 11) is 0. The smallest absolute Gasteiger partial charge is 0.0201 e. The maximum Gasteiger partial charge on any atom is 0.0201 e. The van der Waals surface area contributed by atoms with E-state index in [9.17, 15) is 0 Å². The van der Waals surface area contributed by atoms with Gasteiger partial charge in [-0.3, -0.25) is 0 Å². The normalized spacial score (nSPS) is 11.0. The van der Waals surface area contributed by atoms with Gasteiger partial charge in [-0.2, -0.15) is 0 Å². The molecule has 0 amide bonds. The maximum atomic E-state index is 2.45. The van der Waals surface area contributed by atoms with Gasteiger partial charge >= 0.3 is 0 Å². The molecule has 0 saturated carbocycles. The molecule has 0 saturated heterocycles. The molecule has 0 bridgehead atoms. The molecule has 0 aromatic heterocycles. The van der Waals surface area contributed by atoms with Gasteiger partial charge in [0.05, 0.1) is 0 Å². The van der Waals surface area contributed by atoms with Crippen LogP contribution >= 0.6 is 22.9 Å². The van der Waals surface area contributed by atoms with Gasteiger partial charge in [-0.1, -0.05) is 39.5 Å². The van der Waals surface area contributed by atoms with Gasteiger partial charge in [0.1, 0.15) is 0 Å². The second kappa shape index (κ2) is 9.78. The Morgan fingerprint density at radius 1 is 0.833 bits per heavy atom. The summed E-state index contributed by atoms with van der Waals surface area (Å²) in [5, 5.41) is 0. The third-order valence-corrected chi connectivity index (χ3v) is 2.97. The number of unbranched alkanes of at least 4 members (excludes halogenated alkanes) is 4. The first-order valence-electron chi connectivity index (χ1n) is 5.22. The molecule has 74 valence electrons. The van der Waals surface area contributed by atoms with Crippen molar-refractivity contribution in [2.75, 3.05) is 13.1 Å². The van der Waals surface area contributed by atoms with Crippen molar-refractivity contribution in [2.24, 2.45) is 0 Å². The zero-order valence-electron chi connectivity index (χ0n) is 8.48. The second-order valence-electron chi connectivity index (χ2n) is 3.32. The fraction of sp³-hybridized carbons (Fsp3) is 1.00. The van der Waals surface area contributed by atoms with Crippen LogP contribution in [0.2, 0.25) is 0 Å². The highest BCUT2D eigenvalue weighted by molar-refractivity contribution is 14.1. The lowest BCUT2D eigenvalue weighted by molar-refractivity contribution is 0.463. The Morgan fingerprint density at radius 3 is 1.58 bits per heavy atom. The molecule has 0 aromatic carbocycles. The molecule has 0 radical (unpaired) electrons. The summed E-state index contributed by atoms with van der Waals surface area (Å²) < 4.78 is 2.43. The van der Waals surface area contributed by atoms with E-state index in [1.807, 2.05) is 0 Å². The van der Waals surface area contributed by atoms with Crippen LogP contribution in [0.3, 0.4) is 0 Å². The van der Waals surface area contributed by atoms with Crippen LogP contribution in [-0.2, 0) is 0 Å². The third-order valence-electron chi connectivity index (χ3n) is 2.01. The number of hydrogen-bond acceptors (Lipinski definition) is 1. The molecule has 0 N–H and O–H groups in total. The van der Waals surface area contributed by atoms with Crippen LogP contribution in [0, 0.1) is 0 Å². The van der Waals surface area contributed by atoms with Crippen LogP contribution in [-0.4, -0.2) is 16.2 Å². The predicted octanol–water partition coefficient (Wildman–Crippen LogP) is 4.02. The average Bonchev–Trinajstić information content (AvgIpc) is 2.06. The van der Waals surface area contributed by atoms with Gasteiger partial charge in [-0.05, 0) is 12.8 Å². The van der Waals surface area contributed by atoms with Crippen LogP contribution < -0.4 is 0 Å². The summed E-state index contributed by atoms with van der Waals surface area (Å²) >= 11 is 2.45. The minimum Gasteiger partial charge on any atom is -0.248 e. The lowest BCUT2D eigenvalue weighted by Gasteiger charge is -2.12. The van der Waals surface area contributed by atoms with E-state index < -0.39 is 0 Å². The van der Waals surface area contributed by atoms with E-state index in [1.165, 1.54) is 51.6 Å². The van der Waals surface area contributed by atoms with Crippen molar-refractivity contribution in [3.05, 3.63) is 0 Å². The number of rotatable bonds is 8. The minimum atomic E-state index is 1.28. The predicted molar refractivity (Wildman–Crippen MR) is 64.6 cm³/mol. The van der Waals surface area contributed by atoms with Crippen LogP contribution in [0.4, 0.5) is 0 Å². The van der Waals surface area contributed by atoms with Gasteiger partial charge in [-0.15, -0.1) is 0 Å². The number of hydrogen-bond donors (Lipinski definition) is 0. The van der Waals surface area contributed by atoms with Gasteiger partial charge in [0.2, 0.25) is 0 Å². The minimum absolute atomic E-state index is 1.28. The highest BCUT2D eigenvalue weighted by Crippen LogP contribution is 2.06. The Kier molecular flexibility index (Phi) is 10.3. The molecule has 0 aliphatic heterocycles. The summed E-state index contributed by atoms with van der Waals surface area (Å²) in [6, 6.07) is 0. The van der Waals surface area contributed by atoms with E-state index in [2.05, 4.69) is 39.8 Å². The Bertz CT molecular complexity index is 75.9. The first kappa shape index (κ1) is 12.7. The summed E-state index contributed by atoms with van der Waals surface area (Å²) in [6.07, 6.45) is 8.16.